The number of anilines is 12. The molecular formula is C72H45B2N5O2. The average Bonchev–Trinajstić information content (AvgIpc) is 3.98. The van der Waals surface area contributed by atoms with Crippen molar-refractivity contribution in [3.63, 3.8) is 0 Å². The van der Waals surface area contributed by atoms with Crippen LogP contribution in [0.5, 0.6) is 23.0 Å². The summed E-state index contributed by atoms with van der Waals surface area (Å²) in [5.74, 6) is 3.19. The lowest BCUT2D eigenvalue weighted by Gasteiger charge is -2.47. The lowest BCUT2D eigenvalue weighted by molar-refractivity contribution is 0.468. The van der Waals surface area contributed by atoms with E-state index < -0.39 is 0 Å². The molecule has 0 saturated heterocycles. The smallest absolute Gasteiger partial charge is 0.261 e. The molecule has 0 saturated carbocycles. The molecule has 0 radical (unpaired) electrons. The molecule has 5 aliphatic rings. The van der Waals surface area contributed by atoms with Crippen LogP contribution in [0.3, 0.4) is 0 Å². The summed E-state index contributed by atoms with van der Waals surface area (Å²) in [4.78, 5) is 9.90. The predicted molar refractivity (Wildman–Crippen MR) is 335 cm³/mol. The van der Waals surface area contributed by atoms with Gasteiger partial charge in [0.05, 0.1) is 22.4 Å². The lowest BCUT2D eigenvalue weighted by atomic mass is 9.30. The van der Waals surface area contributed by atoms with Crippen molar-refractivity contribution in [2.24, 2.45) is 0 Å². The second-order valence-electron chi connectivity index (χ2n) is 21.6. The molecule has 0 aliphatic carbocycles. The van der Waals surface area contributed by atoms with Crippen LogP contribution in [0.1, 0.15) is 0 Å². The van der Waals surface area contributed by atoms with Gasteiger partial charge >= 0.3 is 0 Å². The molecule has 0 fully saturated rings. The quantitative estimate of drug-likeness (QED) is 0.148. The van der Waals surface area contributed by atoms with E-state index in [9.17, 15) is 0 Å². The highest BCUT2D eigenvalue weighted by Crippen LogP contribution is 2.52. The summed E-state index contributed by atoms with van der Waals surface area (Å²) in [6, 6.07) is 99.2. The van der Waals surface area contributed by atoms with E-state index in [2.05, 4.69) is 297 Å². The normalized spacial score (nSPS) is 13.5. The number of rotatable bonds is 7. The van der Waals surface area contributed by atoms with Crippen LogP contribution in [-0.4, -0.2) is 18.0 Å². The Balaban J connectivity index is 0.985. The fourth-order valence-corrected chi connectivity index (χ4v) is 14.1. The van der Waals surface area contributed by atoms with Gasteiger partial charge in [0, 0.05) is 84.9 Å². The Morgan fingerprint density at radius 3 is 1.23 bits per heavy atom. The highest BCUT2D eigenvalue weighted by molar-refractivity contribution is 7.03. The first-order chi connectivity index (χ1) is 40.2. The fourth-order valence-electron chi connectivity index (χ4n) is 14.1. The van der Waals surface area contributed by atoms with E-state index in [1.54, 1.807) is 0 Å². The van der Waals surface area contributed by atoms with Crippen LogP contribution < -0.4 is 61.9 Å². The Morgan fingerprint density at radius 2 is 0.691 bits per heavy atom. The first-order valence-electron chi connectivity index (χ1n) is 27.8. The van der Waals surface area contributed by atoms with E-state index in [1.807, 2.05) is 0 Å². The van der Waals surface area contributed by atoms with Gasteiger partial charge in [0.1, 0.15) is 23.0 Å². The van der Waals surface area contributed by atoms with Gasteiger partial charge < -0.3 is 33.6 Å². The van der Waals surface area contributed by atoms with Crippen LogP contribution in [0.2, 0.25) is 0 Å². The minimum atomic E-state index is -0.254. The van der Waals surface area contributed by atoms with E-state index in [-0.39, 0.29) is 13.4 Å². The van der Waals surface area contributed by atoms with Gasteiger partial charge in [0.15, 0.2) is 0 Å². The Bertz CT molecular complexity index is 4660. The van der Waals surface area contributed by atoms with Gasteiger partial charge in [0.2, 0.25) is 0 Å². The number of nitrogens with zero attached hydrogens (tertiary/aromatic N) is 5. The van der Waals surface area contributed by atoms with Crippen LogP contribution in [-0.2, 0) is 0 Å². The van der Waals surface area contributed by atoms with Gasteiger partial charge in [-0.3, -0.25) is 0 Å². The van der Waals surface area contributed by atoms with Crippen molar-refractivity contribution < 1.29 is 9.47 Å². The number of fused-ring (bicyclic) bond motifs is 3. The van der Waals surface area contributed by atoms with Gasteiger partial charge in [-0.2, -0.15) is 0 Å². The summed E-state index contributed by atoms with van der Waals surface area (Å²) in [6.07, 6.45) is 0. The van der Waals surface area contributed by atoms with Crippen molar-refractivity contribution in [3.8, 4) is 28.7 Å². The van der Waals surface area contributed by atoms with Crippen LogP contribution in [0.15, 0.2) is 273 Å². The maximum Gasteiger partial charge on any atom is 0.261 e. The summed E-state index contributed by atoms with van der Waals surface area (Å²) < 4.78 is 17.4. The molecule has 376 valence electrons. The maximum atomic E-state index is 7.66. The molecule has 9 heteroatoms. The summed E-state index contributed by atoms with van der Waals surface area (Å²) >= 11 is 0. The summed E-state index contributed by atoms with van der Waals surface area (Å²) in [7, 11) is 0. The third-order valence-corrected chi connectivity index (χ3v) is 17.3. The molecule has 18 rings (SSSR count). The van der Waals surface area contributed by atoms with E-state index in [1.165, 1.54) is 27.2 Å². The summed E-state index contributed by atoms with van der Waals surface area (Å²) in [6.45, 7) is -0.499. The zero-order valence-corrected chi connectivity index (χ0v) is 43.7. The molecule has 81 heavy (non-hydrogen) atoms. The predicted octanol–water partition coefficient (Wildman–Crippen LogP) is 14.8. The molecule has 2 bridgehead atoms. The van der Waals surface area contributed by atoms with Gasteiger partial charge in [-0.05, 0) is 149 Å². The minimum absolute atomic E-state index is 0.245. The number of aromatic nitrogens is 1. The van der Waals surface area contributed by atoms with E-state index in [0.29, 0.717) is 0 Å². The molecule has 1 aromatic heterocycles. The lowest BCUT2D eigenvalue weighted by Crippen LogP contribution is -2.65. The molecule has 0 N–H and O–H groups in total. The van der Waals surface area contributed by atoms with Crippen molar-refractivity contribution in [2.75, 3.05) is 19.6 Å². The molecular weight excluding hydrogens is 988 g/mol. The number of hydrogen-bond donors (Lipinski definition) is 0. The highest BCUT2D eigenvalue weighted by Gasteiger charge is 2.50. The van der Waals surface area contributed by atoms with Crippen LogP contribution in [0.25, 0.3) is 27.5 Å². The topological polar surface area (TPSA) is 36.4 Å². The first kappa shape index (κ1) is 44.4. The third-order valence-electron chi connectivity index (χ3n) is 17.3. The van der Waals surface area contributed by atoms with E-state index in [4.69, 9.17) is 9.47 Å². The van der Waals surface area contributed by atoms with Crippen molar-refractivity contribution in [2.45, 2.75) is 0 Å². The standard InChI is InChI=1S/C72H45B2N5O2/c1-6-22-46(23-7-1)75(47-24-8-2-9-25-47)51-40-62-69-63(41-51)77(49-28-12-4-13-29-49)60-45-61-56-44-55(60)73(69)70-59(76(62)48-26-10-3-11-27-48)36-20-37-65(70)80-66-38-21-39-67-72(66)74(56)71-64(78(61)50-30-14-5-15-31-50)42-52(43-68(71)81-67)79-57-34-18-16-32-53(57)54-33-17-19-35-58(54)79/h1-45H. The van der Waals surface area contributed by atoms with Crippen molar-refractivity contribution in [1.29, 1.82) is 0 Å². The molecule has 0 spiro atoms. The van der Waals surface area contributed by atoms with Gasteiger partial charge in [-0.25, -0.2) is 0 Å². The average molecular weight is 1030 g/mol. The van der Waals surface area contributed by atoms with Crippen molar-refractivity contribution in [1.82, 2.24) is 4.57 Å². The van der Waals surface area contributed by atoms with Crippen LogP contribution in [0.4, 0.5) is 68.2 Å². The molecule has 13 aromatic rings. The van der Waals surface area contributed by atoms with E-state index in [0.717, 1.165) is 124 Å². The van der Waals surface area contributed by atoms with Crippen molar-refractivity contribution in [3.05, 3.63) is 273 Å². The zero-order valence-electron chi connectivity index (χ0n) is 43.7. The maximum absolute atomic E-state index is 7.66. The number of hydrogen-bond acceptors (Lipinski definition) is 6. The van der Waals surface area contributed by atoms with Crippen molar-refractivity contribution >= 4 is 136 Å². The van der Waals surface area contributed by atoms with Gasteiger partial charge in [0.25, 0.3) is 13.4 Å². The number of benzene rings is 12. The highest BCUT2D eigenvalue weighted by atomic mass is 16.5. The monoisotopic (exact) mass is 1030 g/mol. The Hall–Kier alpha value is -10.6. The second kappa shape index (κ2) is 16.9. The molecule has 5 aliphatic heterocycles. The van der Waals surface area contributed by atoms with Crippen LogP contribution >= 0.6 is 0 Å². The molecule has 0 amide bonds. The Labute approximate surface area is 469 Å². The summed E-state index contributed by atoms with van der Waals surface area (Å²) in [5, 5.41) is 2.41. The van der Waals surface area contributed by atoms with Crippen LogP contribution in [0, 0.1) is 0 Å². The van der Waals surface area contributed by atoms with Gasteiger partial charge in [-0.1, -0.05) is 146 Å². The third kappa shape index (κ3) is 6.31. The molecule has 0 atom stereocenters. The number of para-hydroxylation sites is 7. The minimum Gasteiger partial charge on any atom is -0.458 e. The summed E-state index contributed by atoms with van der Waals surface area (Å²) in [5.41, 5.74) is 23.0. The molecule has 0 unspecified atom stereocenters. The Kier molecular flexibility index (Phi) is 9.28. The Morgan fingerprint density at radius 1 is 0.272 bits per heavy atom. The second-order valence-corrected chi connectivity index (χ2v) is 21.6. The molecule has 12 aromatic carbocycles. The number of ether oxygens (including phenoxy) is 2. The van der Waals surface area contributed by atoms with E-state index >= 15 is 0 Å². The molecule has 7 nitrogen and oxygen atoms in total. The molecule has 6 heterocycles. The SMILES string of the molecule is c1ccc(N(c2ccccc2)c2cc3c4c(c2)N(c2ccccc2)c2cccc5c2B4c2cc4c(cc2N3c2ccccc2)N(c2ccccc2)c2cc(-n3c6ccccc6c6ccccc63)cc3c2B4c2c(cccc2O5)O3)cc1. The van der Waals surface area contributed by atoms with Gasteiger partial charge in [-0.15, -0.1) is 0 Å². The fraction of sp³-hybridized carbons (Fsp3) is 0. The zero-order chi connectivity index (χ0) is 52.9. The largest absolute Gasteiger partial charge is 0.458 e. The first-order valence-corrected chi connectivity index (χ1v) is 27.8.